The Morgan fingerprint density at radius 2 is 0.660 bits per heavy atom. The second-order valence-electron chi connectivity index (χ2n) is 16.7. The molecular weight excluding hydrogens is 618 g/mol. The average molecular weight is 683 g/mol. The summed E-state index contributed by atoms with van der Waals surface area (Å²) in [7, 11) is 0. The zero-order valence-electron chi connectivity index (χ0n) is 29.1. The maximum absolute atomic E-state index is 8.28. The van der Waals surface area contributed by atoms with Gasteiger partial charge in [-0.25, -0.2) is 0 Å². The van der Waals surface area contributed by atoms with Gasteiger partial charge in [0.05, 0.1) is 49.3 Å². The molecule has 9 rings (SSSR count). The molecule has 9 aliphatic rings. The zero-order chi connectivity index (χ0) is 32.5. The molecule has 4 saturated carbocycles. The summed E-state index contributed by atoms with van der Waals surface area (Å²) >= 11 is 1.22. The van der Waals surface area contributed by atoms with Gasteiger partial charge < -0.3 is 0 Å². The summed E-state index contributed by atoms with van der Waals surface area (Å²) in [6, 6.07) is 0. The molecular formula is C35H64Al2N8O2. The van der Waals surface area contributed by atoms with Crippen LogP contribution in [-0.2, 0) is 7.61 Å². The molecule has 0 amide bonds. The van der Waals surface area contributed by atoms with Crippen LogP contribution in [0.5, 0.6) is 0 Å². The van der Waals surface area contributed by atoms with Crippen LogP contribution in [-0.4, -0.2) is 81.8 Å². The number of fused-ring (bicyclic) bond motifs is 20. The van der Waals surface area contributed by atoms with Crippen molar-refractivity contribution >= 4 is 32.4 Å². The van der Waals surface area contributed by atoms with Gasteiger partial charge >= 0.3 is 40.1 Å². The Hall–Kier alpha value is 0.345. The van der Waals surface area contributed by atoms with Crippen molar-refractivity contribution in [3.8, 4) is 0 Å². The third-order valence-corrected chi connectivity index (χ3v) is 14.7. The molecule has 0 aromatic carbocycles. The first kappa shape index (κ1) is 35.7. The molecule has 0 aromatic rings. The summed E-state index contributed by atoms with van der Waals surface area (Å²) in [5, 5.41) is 34.2. The van der Waals surface area contributed by atoms with Gasteiger partial charge in [-0.3, -0.25) is 42.5 Å². The van der Waals surface area contributed by atoms with Crippen molar-refractivity contribution in [3.05, 3.63) is 0 Å². The fourth-order valence-corrected chi connectivity index (χ4v) is 12.9. The number of rotatable bonds is 2. The van der Waals surface area contributed by atoms with E-state index < -0.39 is 0 Å². The Bertz CT molecular complexity index is 1030. The van der Waals surface area contributed by atoms with E-state index in [0.717, 1.165) is 53.3 Å². The normalized spacial score (nSPS) is 51.5. The first-order valence-electron chi connectivity index (χ1n) is 19.9. The summed E-state index contributed by atoms with van der Waals surface area (Å²) in [6.45, 7) is 2.41. The average Bonchev–Trinajstić information content (AvgIpc) is 3.86. The molecule has 47 heavy (non-hydrogen) atoms. The van der Waals surface area contributed by atoms with Gasteiger partial charge in [0.2, 0.25) is 0 Å². The molecule has 5 aliphatic heterocycles. The van der Waals surface area contributed by atoms with E-state index in [4.69, 9.17) is 7.61 Å². The van der Waals surface area contributed by atoms with Gasteiger partial charge in [-0.1, -0.05) is 71.1 Å². The maximum atomic E-state index is 8.28. The van der Waals surface area contributed by atoms with Crippen LogP contribution in [0.15, 0.2) is 0 Å². The fourth-order valence-electron chi connectivity index (χ4n) is 12.9. The molecule has 0 spiro atoms. The molecule has 4 aliphatic carbocycles. The standard InChI is InChI=1S/C35H62N8.2Al.2O.2H/c1-2-10-19-11-9-18-26-27(19)35-42-33-25-17-8-7-16-24(25)31(40-33)38-29-21-13-4-3-12-20(21)28(36-29)37-30-22-14-5-6-15-23(22)32(39-30)41-34(26)43-35;;;;;;/h19-43H,2-18H2,1H3;;;;;;. The van der Waals surface area contributed by atoms with E-state index >= 15 is 0 Å². The van der Waals surface area contributed by atoms with E-state index in [2.05, 4.69) is 49.5 Å². The van der Waals surface area contributed by atoms with Crippen LogP contribution in [0.25, 0.3) is 0 Å². The van der Waals surface area contributed by atoms with Gasteiger partial charge in [-0.05, 0) is 98.2 Å². The van der Waals surface area contributed by atoms with E-state index in [1.165, 1.54) is 109 Å². The van der Waals surface area contributed by atoms with Crippen molar-refractivity contribution in [1.82, 2.24) is 42.5 Å². The third-order valence-electron chi connectivity index (χ3n) is 14.7. The Kier molecular flexibility index (Phi) is 12.4. The van der Waals surface area contributed by atoms with Crippen LogP contribution < -0.4 is 42.5 Å². The molecule has 8 N–H and O–H groups in total. The first-order valence-corrected chi connectivity index (χ1v) is 21.1. The molecule has 5 heterocycles. The molecule has 8 bridgehead atoms. The van der Waals surface area contributed by atoms with Gasteiger partial charge in [-0.2, -0.15) is 0 Å². The van der Waals surface area contributed by atoms with Crippen LogP contribution in [0.2, 0.25) is 0 Å². The molecule has 10 nitrogen and oxygen atoms in total. The van der Waals surface area contributed by atoms with Crippen LogP contribution in [0.1, 0.15) is 116 Å². The van der Waals surface area contributed by atoms with Crippen molar-refractivity contribution in [3.63, 3.8) is 0 Å². The number of hydrogen-bond acceptors (Lipinski definition) is 10. The number of hydrogen-bond donors (Lipinski definition) is 8. The van der Waals surface area contributed by atoms with E-state index in [1.807, 2.05) is 0 Å². The van der Waals surface area contributed by atoms with Crippen LogP contribution in [0.4, 0.5) is 0 Å². The SMILES string of the molecule is CCCC1CCCC2C3NC4NC(NC5NC(NC6NC(NC(N3)C12)C1CCCCC61)C1CCCCC51)C1CCCCC41.[O]=[AlH].[O]=[AlH]. The monoisotopic (exact) mass is 682 g/mol. The second-order valence-corrected chi connectivity index (χ2v) is 16.7. The molecule has 17 unspecified atom stereocenters. The van der Waals surface area contributed by atoms with Gasteiger partial charge in [0, 0.05) is 0 Å². The molecule has 262 valence electrons. The van der Waals surface area contributed by atoms with Gasteiger partial charge in [0.15, 0.2) is 0 Å². The molecule has 17 atom stereocenters. The zero-order valence-corrected chi connectivity index (χ0v) is 31.9. The molecule has 0 radical (unpaired) electrons. The van der Waals surface area contributed by atoms with Crippen molar-refractivity contribution in [2.75, 3.05) is 0 Å². The minimum absolute atomic E-state index is 0.403. The summed E-state index contributed by atoms with van der Waals surface area (Å²) in [4.78, 5) is 0. The van der Waals surface area contributed by atoms with E-state index in [-0.39, 0.29) is 0 Å². The van der Waals surface area contributed by atoms with Gasteiger partial charge in [0.1, 0.15) is 0 Å². The summed E-state index contributed by atoms with van der Waals surface area (Å²) in [6.07, 6.45) is 26.8. The predicted molar refractivity (Wildman–Crippen MR) is 187 cm³/mol. The fraction of sp³-hybridized carbons (Fsp3) is 1.00. The van der Waals surface area contributed by atoms with Crippen molar-refractivity contribution in [1.29, 1.82) is 0 Å². The minimum atomic E-state index is 0.403. The van der Waals surface area contributed by atoms with Crippen LogP contribution in [0.3, 0.4) is 0 Å². The van der Waals surface area contributed by atoms with Crippen molar-refractivity contribution in [2.45, 2.75) is 165 Å². The van der Waals surface area contributed by atoms with E-state index in [0.29, 0.717) is 81.8 Å². The number of nitrogens with one attached hydrogen (secondary N) is 8. The van der Waals surface area contributed by atoms with Crippen LogP contribution >= 0.6 is 0 Å². The van der Waals surface area contributed by atoms with Gasteiger partial charge in [-0.15, -0.1) is 0 Å². The second kappa shape index (κ2) is 16.3. The molecule has 9 fully saturated rings. The third kappa shape index (κ3) is 6.97. The Labute approximate surface area is 300 Å². The summed E-state index contributed by atoms with van der Waals surface area (Å²) in [5.41, 5.74) is 0. The first-order chi connectivity index (χ1) is 23.2. The summed E-state index contributed by atoms with van der Waals surface area (Å²) in [5.74, 6) is 6.74. The molecule has 5 saturated heterocycles. The summed E-state index contributed by atoms with van der Waals surface area (Å²) < 4.78 is 16.6. The quantitative estimate of drug-likeness (QED) is 0.205. The Morgan fingerprint density at radius 3 is 0.979 bits per heavy atom. The topological polar surface area (TPSA) is 130 Å². The van der Waals surface area contributed by atoms with E-state index in [9.17, 15) is 0 Å². The van der Waals surface area contributed by atoms with Gasteiger partial charge in [0.25, 0.3) is 0 Å². The Morgan fingerprint density at radius 1 is 0.383 bits per heavy atom. The molecule has 12 heteroatoms. The Balaban J connectivity index is 0.000000848. The predicted octanol–water partition coefficient (Wildman–Crippen LogP) is 2.10. The van der Waals surface area contributed by atoms with Crippen molar-refractivity contribution < 1.29 is 7.61 Å². The molecule has 0 aromatic heterocycles. The van der Waals surface area contributed by atoms with Crippen LogP contribution in [0, 0.1) is 53.3 Å². The van der Waals surface area contributed by atoms with E-state index in [1.54, 1.807) is 0 Å². The van der Waals surface area contributed by atoms with Crippen molar-refractivity contribution in [2.24, 2.45) is 53.3 Å².